The molecule has 0 fully saturated rings. The molecule has 0 spiro atoms. The second kappa shape index (κ2) is 10.6. The van der Waals surface area contributed by atoms with Gasteiger partial charge in [-0.1, -0.05) is 18.2 Å². The summed E-state index contributed by atoms with van der Waals surface area (Å²) >= 11 is 0. The largest absolute Gasteiger partial charge is 0.493 e. The minimum atomic E-state index is -0.122. The number of hydrogen-bond acceptors (Lipinski definition) is 7. The van der Waals surface area contributed by atoms with Gasteiger partial charge >= 0.3 is 0 Å². The maximum Gasteiger partial charge on any atom is 0.162 e. The fraction of sp³-hybridized carbons (Fsp3) is 0.185. The van der Waals surface area contributed by atoms with E-state index in [4.69, 9.17) is 14.2 Å². The fourth-order valence-corrected chi connectivity index (χ4v) is 3.64. The molecule has 172 valence electrons. The SMILES string of the molecule is COc1cc2nccc(Oc3ccc(CC(=O)CC(=O)Cc4cccnc4)cc3)c2cc1OC. The maximum absolute atomic E-state index is 12.4. The van der Waals surface area contributed by atoms with Crippen LogP contribution in [0.15, 0.2) is 73.2 Å². The zero-order valence-corrected chi connectivity index (χ0v) is 19.0. The second-order valence-corrected chi connectivity index (χ2v) is 7.75. The molecule has 0 aliphatic heterocycles. The van der Waals surface area contributed by atoms with Gasteiger partial charge in [-0.3, -0.25) is 19.6 Å². The van der Waals surface area contributed by atoms with E-state index in [1.165, 1.54) is 0 Å². The molecule has 0 saturated carbocycles. The number of ketones is 2. The smallest absolute Gasteiger partial charge is 0.162 e. The molecule has 2 aromatic heterocycles. The molecule has 0 radical (unpaired) electrons. The van der Waals surface area contributed by atoms with Gasteiger partial charge < -0.3 is 14.2 Å². The van der Waals surface area contributed by atoms with E-state index in [0.29, 0.717) is 28.5 Å². The molecule has 0 bridgehead atoms. The van der Waals surface area contributed by atoms with Gasteiger partial charge in [0.1, 0.15) is 23.1 Å². The summed E-state index contributed by atoms with van der Waals surface area (Å²) < 4.78 is 16.8. The number of aromatic nitrogens is 2. The summed E-state index contributed by atoms with van der Waals surface area (Å²) in [5, 5.41) is 0.784. The Bertz CT molecular complexity index is 1300. The van der Waals surface area contributed by atoms with Crippen molar-refractivity contribution in [1.29, 1.82) is 0 Å². The van der Waals surface area contributed by atoms with Crippen molar-refractivity contribution < 1.29 is 23.8 Å². The van der Waals surface area contributed by atoms with Gasteiger partial charge in [-0.05, 0) is 41.5 Å². The molecule has 7 nitrogen and oxygen atoms in total. The molecule has 4 aromatic rings. The number of carbonyl (C=O) groups is 2. The Morgan fingerprint density at radius 2 is 1.50 bits per heavy atom. The van der Waals surface area contributed by atoms with Crippen molar-refractivity contribution in [3.63, 3.8) is 0 Å². The summed E-state index contributed by atoms with van der Waals surface area (Å²) in [5.74, 6) is 2.17. The van der Waals surface area contributed by atoms with E-state index in [0.717, 1.165) is 16.5 Å². The van der Waals surface area contributed by atoms with Crippen molar-refractivity contribution in [2.45, 2.75) is 19.3 Å². The van der Waals surface area contributed by atoms with Gasteiger partial charge in [-0.25, -0.2) is 0 Å². The number of ether oxygens (including phenoxy) is 3. The lowest BCUT2D eigenvalue weighted by molar-refractivity contribution is -0.126. The number of Topliss-reactive ketones (excluding diaryl/α,β-unsaturated/α-hetero) is 2. The average molecular weight is 456 g/mol. The Balaban J connectivity index is 1.40. The third-order valence-electron chi connectivity index (χ3n) is 5.28. The van der Waals surface area contributed by atoms with E-state index in [-0.39, 0.29) is 30.8 Å². The second-order valence-electron chi connectivity index (χ2n) is 7.75. The minimum Gasteiger partial charge on any atom is -0.493 e. The van der Waals surface area contributed by atoms with Crippen LogP contribution in [0.5, 0.6) is 23.0 Å². The van der Waals surface area contributed by atoms with E-state index in [1.54, 1.807) is 63.1 Å². The van der Waals surface area contributed by atoms with Crippen molar-refractivity contribution in [2.75, 3.05) is 14.2 Å². The first-order chi connectivity index (χ1) is 16.6. The summed E-state index contributed by atoms with van der Waals surface area (Å²) in [6, 6.07) is 16.2. The molecule has 0 saturated heterocycles. The van der Waals surface area contributed by atoms with Crippen molar-refractivity contribution in [1.82, 2.24) is 9.97 Å². The Morgan fingerprint density at radius 1 is 0.794 bits per heavy atom. The number of benzene rings is 2. The summed E-state index contributed by atoms with van der Waals surface area (Å²) in [4.78, 5) is 32.9. The molecule has 0 aliphatic rings. The van der Waals surface area contributed by atoms with Crippen LogP contribution < -0.4 is 14.2 Å². The molecule has 0 atom stereocenters. The predicted molar refractivity (Wildman–Crippen MR) is 128 cm³/mol. The molecule has 2 aromatic carbocycles. The highest BCUT2D eigenvalue weighted by molar-refractivity contribution is 6.00. The van der Waals surface area contributed by atoms with Crippen LogP contribution in [-0.2, 0) is 22.4 Å². The first-order valence-corrected chi connectivity index (χ1v) is 10.8. The number of pyridine rings is 2. The molecule has 0 aliphatic carbocycles. The van der Waals surface area contributed by atoms with Crippen molar-refractivity contribution >= 4 is 22.5 Å². The Labute approximate surface area is 197 Å². The fourth-order valence-electron chi connectivity index (χ4n) is 3.64. The quantitative estimate of drug-likeness (QED) is 0.318. The van der Waals surface area contributed by atoms with Crippen LogP contribution in [0.2, 0.25) is 0 Å². The Kier molecular flexibility index (Phi) is 7.13. The van der Waals surface area contributed by atoms with E-state index >= 15 is 0 Å². The van der Waals surface area contributed by atoms with Gasteiger partial charge in [-0.15, -0.1) is 0 Å². The van der Waals surface area contributed by atoms with E-state index in [2.05, 4.69) is 9.97 Å². The van der Waals surface area contributed by atoms with Gasteiger partial charge in [0.25, 0.3) is 0 Å². The molecule has 34 heavy (non-hydrogen) atoms. The third kappa shape index (κ3) is 5.56. The lowest BCUT2D eigenvalue weighted by atomic mass is 10.0. The average Bonchev–Trinajstić information content (AvgIpc) is 2.85. The topological polar surface area (TPSA) is 87.6 Å². The highest BCUT2D eigenvalue weighted by Gasteiger charge is 2.13. The van der Waals surface area contributed by atoms with Crippen LogP contribution in [0.1, 0.15) is 17.5 Å². The summed E-state index contributed by atoms with van der Waals surface area (Å²) in [6.45, 7) is 0. The molecule has 0 unspecified atom stereocenters. The number of fused-ring (bicyclic) bond motifs is 1. The standard InChI is InChI=1S/C27H24N2O5/c1-32-26-15-23-24(16-27(26)33-2)29-11-9-25(23)34-22-7-5-18(6-8-22)12-20(30)14-21(31)13-19-4-3-10-28-17-19/h3-11,15-17H,12-14H2,1-2H3. The number of rotatable bonds is 10. The Hall–Kier alpha value is -4.26. The van der Waals surface area contributed by atoms with Gasteiger partial charge in [0.2, 0.25) is 0 Å². The van der Waals surface area contributed by atoms with Crippen LogP contribution in [0, 0.1) is 0 Å². The van der Waals surface area contributed by atoms with E-state index in [1.807, 2.05) is 24.3 Å². The highest BCUT2D eigenvalue weighted by atomic mass is 16.5. The first kappa shape index (κ1) is 22.9. The van der Waals surface area contributed by atoms with Gasteiger partial charge in [0, 0.05) is 42.9 Å². The molecule has 7 heteroatoms. The van der Waals surface area contributed by atoms with Crippen LogP contribution in [0.3, 0.4) is 0 Å². The first-order valence-electron chi connectivity index (χ1n) is 10.8. The number of nitrogens with zero attached hydrogens (tertiary/aromatic N) is 2. The minimum absolute atomic E-state index is 0.0958. The number of hydrogen-bond donors (Lipinski definition) is 0. The van der Waals surface area contributed by atoms with Crippen LogP contribution >= 0.6 is 0 Å². The summed E-state index contributed by atoms with van der Waals surface area (Å²) in [7, 11) is 3.15. The van der Waals surface area contributed by atoms with Crippen molar-refractivity contribution in [2.24, 2.45) is 0 Å². The molecule has 4 rings (SSSR count). The maximum atomic E-state index is 12.4. The van der Waals surface area contributed by atoms with Crippen LogP contribution in [0.4, 0.5) is 0 Å². The van der Waals surface area contributed by atoms with Gasteiger partial charge in [-0.2, -0.15) is 0 Å². The zero-order chi connectivity index (χ0) is 23.9. The Morgan fingerprint density at radius 3 is 2.18 bits per heavy atom. The predicted octanol–water partition coefficient (Wildman–Crippen LogP) is 4.75. The van der Waals surface area contributed by atoms with E-state index in [9.17, 15) is 9.59 Å². The molecule has 2 heterocycles. The normalized spacial score (nSPS) is 10.6. The van der Waals surface area contributed by atoms with Crippen LogP contribution in [0.25, 0.3) is 10.9 Å². The lowest BCUT2D eigenvalue weighted by Gasteiger charge is -2.12. The number of methoxy groups -OCH3 is 2. The summed E-state index contributed by atoms with van der Waals surface area (Å²) in [5.41, 5.74) is 2.34. The third-order valence-corrected chi connectivity index (χ3v) is 5.28. The van der Waals surface area contributed by atoms with Gasteiger partial charge in [0.05, 0.1) is 26.2 Å². The van der Waals surface area contributed by atoms with Gasteiger partial charge in [0.15, 0.2) is 11.5 Å². The molecule has 0 N–H and O–H groups in total. The van der Waals surface area contributed by atoms with E-state index < -0.39 is 0 Å². The molecular formula is C27H24N2O5. The highest BCUT2D eigenvalue weighted by Crippen LogP contribution is 2.36. The van der Waals surface area contributed by atoms with Crippen molar-refractivity contribution in [3.8, 4) is 23.0 Å². The molecular weight excluding hydrogens is 432 g/mol. The monoisotopic (exact) mass is 456 g/mol. The number of carbonyl (C=O) groups excluding carboxylic acids is 2. The van der Waals surface area contributed by atoms with Crippen molar-refractivity contribution in [3.05, 3.63) is 84.3 Å². The summed E-state index contributed by atoms with van der Waals surface area (Å²) in [6.07, 6.45) is 5.26. The lowest BCUT2D eigenvalue weighted by Crippen LogP contribution is -2.12. The zero-order valence-electron chi connectivity index (χ0n) is 19.0. The molecule has 0 amide bonds. The van der Waals surface area contributed by atoms with Crippen LogP contribution in [-0.4, -0.2) is 35.8 Å².